The Morgan fingerprint density at radius 3 is 0.982 bits per heavy atom. The number of hydrogen-bond acceptors (Lipinski definition) is 5. The van der Waals surface area contributed by atoms with Gasteiger partial charge < -0.3 is 14.6 Å². The summed E-state index contributed by atoms with van der Waals surface area (Å²) in [4.78, 5) is 24.4. The number of rotatable bonds is 46. The summed E-state index contributed by atoms with van der Waals surface area (Å²) in [6.07, 6.45) is 56.0. The third-order valence-electron chi connectivity index (χ3n) is 11.3. The number of aliphatic hydroxyl groups is 1. The van der Waals surface area contributed by atoms with Crippen LogP contribution in [-0.2, 0) is 19.1 Å². The number of aliphatic hydroxyl groups excluding tert-OH is 1. The van der Waals surface area contributed by atoms with Gasteiger partial charge in [-0.3, -0.25) is 9.59 Å². The van der Waals surface area contributed by atoms with E-state index in [9.17, 15) is 14.7 Å². The molecule has 1 N–H and O–H groups in total. The first-order chi connectivity index (χ1) is 27.1. The van der Waals surface area contributed by atoms with E-state index >= 15 is 0 Å². The van der Waals surface area contributed by atoms with Crippen LogP contribution >= 0.6 is 0 Å². The van der Waals surface area contributed by atoms with Crippen molar-refractivity contribution in [1.82, 2.24) is 0 Å². The molecule has 0 bridgehead atoms. The molecule has 0 aliphatic rings. The summed E-state index contributed by atoms with van der Waals surface area (Å²) in [7, 11) is 0. The molecule has 1 unspecified atom stereocenters. The molecule has 0 fully saturated rings. The third kappa shape index (κ3) is 45.2. The molecule has 0 aromatic rings. The van der Waals surface area contributed by atoms with Gasteiger partial charge in [0.25, 0.3) is 0 Å². The molecule has 0 aromatic heterocycles. The maximum Gasteiger partial charge on any atom is 0.306 e. The van der Waals surface area contributed by atoms with Crippen LogP contribution in [0.4, 0.5) is 0 Å². The van der Waals surface area contributed by atoms with Gasteiger partial charge in [0.15, 0.2) is 6.10 Å². The van der Waals surface area contributed by atoms with Crippen LogP contribution in [0.3, 0.4) is 0 Å². The summed E-state index contributed by atoms with van der Waals surface area (Å²) in [5.74, 6) is -0.584. The van der Waals surface area contributed by atoms with Crippen LogP contribution in [0.5, 0.6) is 0 Å². The number of carbonyl (C=O) groups excluding carboxylic acids is 2. The topological polar surface area (TPSA) is 72.8 Å². The fraction of sp³-hybridized carbons (Fsp3) is 0.920. The van der Waals surface area contributed by atoms with Crippen molar-refractivity contribution in [1.29, 1.82) is 0 Å². The van der Waals surface area contributed by atoms with Crippen LogP contribution in [0.25, 0.3) is 0 Å². The summed E-state index contributed by atoms with van der Waals surface area (Å²) in [5.41, 5.74) is 0. The lowest BCUT2D eigenvalue weighted by atomic mass is 10.0. The van der Waals surface area contributed by atoms with Gasteiger partial charge in [-0.25, -0.2) is 0 Å². The average Bonchev–Trinajstić information content (AvgIpc) is 3.19. The van der Waals surface area contributed by atoms with Gasteiger partial charge in [-0.05, 0) is 38.5 Å². The highest BCUT2D eigenvalue weighted by Crippen LogP contribution is 2.17. The number of carbonyl (C=O) groups is 2. The van der Waals surface area contributed by atoms with Crippen LogP contribution in [-0.4, -0.2) is 36.4 Å². The quantitative estimate of drug-likeness (QED) is 0.0379. The number of ether oxygens (including phenoxy) is 2. The Morgan fingerprint density at radius 2 is 0.673 bits per heavy atom. The normalized spacial score (nSPS) is 12.1. The molecule has 0 aliphatic heterocycles. The predicted molar refractivity (Wildman–Crippen MR) is 238 cm³/mol. The third-order valence-corrected chi connectivity index (χ3v) is 11.3. The number of unbranched alkanes of at least 4 members (excludes halogenated alkanes) is 36. The second kappa shape index (κ2) is 47.0. The zero-order chi connectivity index (χ0) is 40.0. The molecular formula is C50H96O5. The minimum Gasteiger partial charge on any atom is -0.462 e. The molecule has 5 nitrogen and oxygen atoms in total. The molecule has 0 radical (unpaired) electrons. The van der Waals surface area contributed by atoms with E-state index in [4.69, 9.17) is 9.47 Å². The van der Waals surface area contributed by atoms with Gasteiger partial charge in [-0.1, -0.05) is 238 Å². The Bertz CT molecular complexity index is 795. The minimum absolute atomic E-state index is 0.0626. The molecule has 0 saturated heterocycles. The molecule has 0 aliphatic carbocycles. The SMILES string of the molecule is CCCCCCCC/C=C\CCCCCCCC(=O)OC(CO)COC(=O)CCCCCCCCCCCCCCCCCCCCCCCCCCCC. The smallest absolute Gasteiger partial charge is 0.306 e. The second-order valence-corrected chi connectivity index (χ2v) is 16.9. The van der Waals surface area contributed by atoms with E-state index in [1.165, 1.54) is 212 Å². The molecular weight excluding hydrogens is 681 g/mol. The van der Waals surface area contributed by atoms with Crippen molar-refractivity contribution in [3.05, 3.63) is 12.2 Å². The van der Waals surface area contributed by atoms with Crippen molar-refractivity contribution >= 4 is 11.9 Å². The lowest BCUT2D eigenvalue weighted by Gasteiger charge is -2.15. The first-order valence-electron chi connectivity index (χ1n) is 24.7. The maximum atomic E-state index is 12.2. The van der Waals surface area contributed by atoms with Gasteiger partial charge in [0.05, 0.1) is 6.61 Å². The van der Waals surface area contributed by atoms with Crippen molar-refractivity contribution in [2.24, 2.45) is 0 Å². The first-order valence-corrected chi connectivity index (χ1v) is 24.7. The Morgan fingerprint density at radius 1 is 0.400 bits per heavy atom. The summed E-state index contributed by atoms with van der Waals surface area (Å²) < 4.78 is 10.7. The second-order valence-electron chi connectivity index (χ2n) is 16.9. The molecule has 1 atom stereocenters. The van der Waals surface area contributed by atoms with Crippen LogP contribution in [0.2, 0.25) is 0 Å². The summed E-state index contributed by atoms with van der Waals surface area (Å²) in [5, 5.41) is 9.60. The standard InChI is InChI=1S/C50H96O5/c1-3-5-7-9-11-13-15-17-19-20-21-22-23-24-25-26-27-28-29-31-32-34-36-38-40-42-44-49(52)54-47-48(46-51)55-50(53)45-43-41-39-37-35-33-30-18-16-14-12-10-8-6-4-2/h18,30,48,51H,3-17,19-29,31-47H2,1-2H3/b30-18-. The van der Waals surface area contributed by atoms with Crippen LogP contribution in [0.15, 0.2) is 12.2 Å². The Hall–Kier alpha value is -1.36. The molecule has 0 heterocycles. The van der Waals surface area contributed by atoms with Gasteiger partial charge in [0.2, 0.25) is 0 Å². The molecule has 0 amide bonds. The lowest BCUT2D eigenvalue weighted by molar-refractivity contribution is -0.161. The van der Waals surface area contributed by atoms with E-state index in [1.54, 1.807) is 0 Å². The van der Waals surface area contributed by atoms with E-state index in [0.717, 1.165) is 38.5 Å². The van der Waals surface area contributed by atoms with Crippen molar-refractivity contribution in [2.75, 3.05) is 13.2 Å². The molecule has 0 aromatic carbocycles. The molecule has 0 saturated carbocycles. The molecule has 55 heavy (non-hydrogen) atoms. The zero-order valence-electron chi connectivity index (χ0n) is 37.2. The molecule has 0 spiro atoms. The van der Waals surface area contributed by atoms with Crippen molar-refractivity contribution in [2.45, 2.75) is 283 Å². The van der Waals surface area contributed by atoms with E-state index in [2.05, 4.69) is 26.0 Å². The molecule has 5 heteroatoms. The van der Waals surface area contributed by atoms with Crippen molar-refractivity contribution in [3.63, 3.8) is 0 Å². The lowest BCUT2D eigenvalue weighted by Crippen LogP contribution is -2.28. The fourth-order valence-corrected chi connectivity index (χ4v) is 7.55. The minimum atomic E-state index is -0.770. The van der Waals surface area contributed by atoms with Gasteiger partial charge in [-0.15, -0.1) is 0 Å². The Labute approximate surface area is 343 Å². The van der Waals surface area contributed by atoms with Gasteiger partial charge in [-0.2, -0.15) is 0 Å². The van der Waals surface area contributed by atoms with Crippen LogP contribution < -0.4 is 0 Å². The van der Waals surface area contributed by atoms with Gasteiger partial charge >= 0.3 is 11.9 Å². The van der Waals surface area contributed by atoms with E-state index < -0.39 is 6.10 Å². The summed E-state index contributed by atoms with van der Waals surface area (Å²) >= 11 is 0. The fourth-order valence-electron chi connectivity index (χ4n) is 7.55. The van der Waals surface area contributed by atoms with Crippen LogP contribution in [0, 0.1) is 0 Å². The van der Waals surface area contributed by atoms with E-state index in [-0.39, 0.29) is 25.2 Å². The Kier molecular flexibility index (Phi) is 45.9. The Balaban J connectivity index is 3.42. The predicted octanol–water partition coefficient (Wildman–Crippen LogP) is 16.0. The number of allylic oxidation sites excluding steroid dienone is 2. The van der Waals surface area contributed by atoms with Gasteiger partial charge in [0.1, 0.15) is 6.61 Å². The monoisotopic (exact) mass is 777 g/mol. The zero-order valence-corrected chi connectivity index (χ0v) is 37.2. The highest BCUT2D eigenvalue weighted by Gasteiger charge is 2.16. The first kappa shape index (κ1) is 53.6. The largest absolute Gasteiger partial charge is 0.462 e. The van der Waals surface area contributed by atoms with E-state index in [0.29, 0.717) is 12.8 Å². The number of hydrogen-bond donors (Lipinski definition) is 1. The summed E-state index contributed by atoms with van der Waals surface area (Å²) in [6, 6.07) is 0. The molecule has 0 rings (SSSR count). The summed E-state index contributed by atoms with van der Waals surface area (Å²) in [6.45, 7) is 4.17. The number of esters is 2. The maximum absolute atomic E-state index is 12.2. The van der Waals surface area contributed by atoms with E-state index in [1.807, 2.05) is 0 Å². The van der Waals surface area contributed by atoms with Crippen LogP contribution in [0.1, 0.15) is 277 Å². The average molecular weight is 777 g/mol. The van der Waals surface area contributed by atoms with Crippen molar-refractivity contribution in [3.8, 4) is 0 Å². The van der Waals surface area contributed by atoms with Gasteiger partial charge in [0, 0.05) is 12.8 Å². The highest BCUT2D eigenvalue weighted by atomic mass is 16.6. The van der Waals surface area contributed by atoms with Crippen molar-refractivity contribution < 1.29 is 24.2 Å². The molecule has 326 valence electrons. The highest BCUT2D eigenvalue weighted by molar-refractivity contribution is 5.70.